The molecule has 1 fully saturated rings. The zero-order chi connectivity index (χ0) is 13.0. The molecule has 0 saturated heterocycles. The van der Waals surface area contributed by atoms with Gasteiger partial charge in [-0.3, -0.25) is 0 Å². The van der Waals surface area contributed by atoms with E-state index in [0.29, 0.717) is 0 Å². The third-order valence-corrected chi connectivity index (χ3v) is 2.88. The summed E-state index contributed by atoms with van der Waals surface area (Å²) in [6, 6.07) is 0.765. The molecule has 1 aromatic heterocycles. The Kier molecular flexibility index (Phi) is 4.14. The van der Waals surface area contributed by atoms with E-state index in [4.69, 9.17) is 19.9 Å². The van der Waals surface area contributed by atoms with E-state index in [-0.39, 0.29) is 30.2 Å². The maximum atomic E-state index is 5.91. The van der Waals surface area contributed by atoms with Gasteiger partial charge < -0.3 is 19.9 Å². The minimum atomic E-state index is 0.0468. The van der Waals surface area contributed by atoms with Crippen LogP contribution in [0.25, 0.3) is 0 Å². The monoisotopic (exact) mass is 254 g/mol. The lowest BCUT2D eigenvalue weighted by atomic mass is 9.94. The molecular formula is C11H18N4O3. The number of nitrogens with two attached hydrogens (primary N) is 1. The lowest BCUT2D eigenvalue weighted by Crippen LogP contribution is -2.34. The largest absolute Gasteiger partial charge is 0.467 e. The smallest absolute Gasteiger partial charge is 0.326 e. The summed E-state index contributed by atoms with van der Waals surface area (Å²) in [6.07, 6.45) is 3.93. The van der Waals surface area contributed by atoms with Crippen molar-refractivity contribution in [2.45, 2.75) is 37.8 Å². The number of ether oxygens (including phenoxy) is 3. The summed E-state index contributed by atoms with van der Waals surface area (Å²) in [5, 5.41) is 0. The highest BCUT2D eigenvalue weighted by Gasteiger charge is 2.22. The zero-order valence-electron chi connectivity index (χ0n) is 10.6. The van der Waals surface area contributed by atoms with Gasteiger partial charge in [-0.2, -0.15) is 0 Å². The molecule has 1 aliphatic carbocycles. The SMILES string of the molecule is COc1nc(OC)nc(OC2CCCC(N)C2)n1. The molecule has 2 unspecified atom stereocenters. The highest BCUT2D eigenvalue weighted by molar-refractivity contribution is 5.09. The highest BCUT2D eigenvalue weighted by Crippen LogP contribution is 2.22. The van der Waals surface area contributed by atoms with Gasteiger partial charge in [0.05, 0.1) is 14.2 Å². The first-order chi connectivity index (χ1) is 8.71. The molecule has 2 N–H and O–H groups in total. The van der Waals surface area contributed by atoms with E-state index in [1.165, 1.54) is 14.2 Å². The van der Waals surface area contributed by atoms with Crippen molar-refractivity contribution in [3.8, 4) is 18.0 Å². The molecule has 2 rings (SSSR count). The molecule has 2 atom stereocenters. The van der Waals surface area contributed by atoms with E-state index in [1.54, 1.807) is 0 Å². The second-order valence-electron chi connectivity index (χ2n) is 4.26. The van der Waals surface area contributed by atoms with Crippen molar-refractivity contribution in [1.29, 1.82) is 0 Å². The summed E-state index contributed by atoms with van der Waals surface area (Å²) < 4.78 is 15.6. The standard InChI is InChI=1S/C11H18N4O3/c1-16-9-13-10(17-2)15-11(14-9)18-8-5-3-4-7(12)6-8/h7-8H,3-6,12H2,1-2H3. The number of rotatable bonds is 4. The van der Waals surface area contributed by atoms with E-state index in [2.05, 4.69) is 15.0 Å². The lowest BCUT2D eigenvalue weighted by Gasteiger charge is -2.26. The highest BCUT2D eigenvalue weighted by atomic mass is 16.5. The van der Waals surface area contributed by atoms with Gasteiger partial charge in [0.2, 0.25) is 0 Å². The van der Waals surface area contributed by atoms with Gasteiger partial charge in [0.15, 0.2) is 0 Å². The molecule has 0 bridgehead atoms. The van der Waals surface area contributed by atoms with Crippen LogP contribution in [-0.4, -0.2) is 41.3 Å². The van der Waals surface area contributed by atoms with Crippen molar-refractivity contribution >= 4 is 0 Å². The minimum Gasteiger partial charge on any atom is -0.467 e. The predicted octanol–water partition coefficient (Wildman–Crippen LogP) is 0.538. The summed E-state index contributed by atoms with van der Waals surface area (Å²) >= 11 is 0. The Morgan fingerprint density at radius 3 is 2.17 bits per heavy atom. The summed E-state index contributed by atoms with van der Waals surface area (Å²) in [7, 11) is 2.96. The Morgan fingerprint density at radius 2 is 1.61 bits per heavy atom. The average Bonchev–Trinajstić information content (AvgIpc) is 2.38. The Balaban J connectivity index is 2.07. The number of methoxy groups -OCH3 is 2. The second-order valence-corrected chi connectivity index (χ2v) is 4.26. The predicted molar refractivity (Wildman–Crippen MR) is 63.8 cm³/mol. The molecule has 18 heavy (non-hydrogen) atoms. The van der Waals surface area contributed by atoms with E-state index in [0.717, 1.165) is 25.7 Å². The van der Waals surface area contributed by atoms with Crippen LogP contribution in [0.4, 0.5) is 0 Å². The fraction of sp³-hybridized carbons (Fsp3) is 0.727. The van der Waals surface area contributed by atoms with Crippen molar-refractivity contribution in [3.63, 3.8) is 0 Å². The molecule has 1 aromatic rings. The normalized spacial score (nSPS) is 23.5. The molecule has 1 heterocycles. The molecule has 0 radical (unpaired) electrons. The molecule has 0 aromatic carbocycles. The van der Waals surface area contributed by atoms with Gasteiger partial charge in [-0.25, -0.2) is 0 Å². The Hall–Kier alpha value is -1.63. The van der Waals surface area contributed by atoms with Crippen molar-refractivity contribution in [1.82, 2.24) is 15.0 Å². The molecular weight excluding hydrogens is 236 g/mol. The third kappa shape index (κ3) is 3.19. The van der Waals surface area contributed by atoms with Crippen molar-refractivity contribution in [3.05, 3.63) is 0 Å². The van der Waals surface area contributed by atoms with Crippen LogP contribution in [0.5, 0.6) is 18.0 Å². The lowest BCUT2D eigenvalue weighted by molar-refractivity contribution is 0.128. The first kappa shape index (κ1) is 12.8. The molecule has 100 valence electrons. The van der Waals surface area contributed by atoms with E-state index in [1.807, 2.05) is 0 Å². The fourth-order valence-electron chi connectivity index (χ4n) is 1.99. The van der Waals surface area contributed by atoms with Crippen LogP contribution in [0.3, 0.4) is 0 Å². The Morgan fingerprint density at radius 1 is 1.00 bits per heavy atom. The van der Waals surface area contributed by atoms with Crippen LogP contribution in [0, 0.1) is 0 Å². The molecule has 0 aliphatic heterocycles. The van der Waals surface area contributed by atoms with E-state index >= 15 is 0 Å². The molecule has 0 spiro atoms. The van der Waals surface area contributed by atoms with Crippen LogP contribution in [0.15, 0.2) is 0 Å². The average molecular weight is 254 g/mol. The van der Waals surface area contributed by atoms with Gasteiger partial charge in [-0.1, -0.05) is 0 Å². The quantitative estimate of drug-likeness (QED) is 0.838. The minimum absolute atomic E-state index is 0.0468. The van der Waals surface area contributed by atoms with Gasteiger partial charge in [0.25, 0.3) is 0 Å². The van der Waals surface area contributed by atoms with Gasteiger partial charge >= 0.3 is 18.0 Å². The van der Waals surface area contributed by atoms with Crippen LogP contribution >= 0.6 is 0 Å². The first-order valence-corrected chi connectivity index (χ1v) is 5.97. The Labute approximate surface area is 106 Å². The first-order valence-electron chi connectivity index (χ1n) is 5.97. The number of aromatic nitrogens is 3. The van der Waals surface area contributed by atoms with Gasteiger partial charge in [0.1, 0.15) is 6.10 Å². The maximum Gasteiger partial charge on any atom is 0.326 e. The topological polar surface area (TPSA) is 92.4 Å². The number of hydrogen-bond acceptors (Lipinski definition) is 7. The van der Waals surface area contributed by atoms with Crippen LogP contribution in [0.1, 0.15) is 25.7 Å². The van der Waals surface area contributed by atoms with Crippen LogP contribution in [0.2, 0.25) is 0 Å². The van der Waals surface area contributed by atoms with Gasteiger partial charge in [0, 0.05) is 6.04 Å². The maximum absolute atomic E-state index is 5.91. The van der Waals surface area contributed by atoms with Crippen molar-refractivity contribution in [2.24, 2.45) is 5.73 Å². The van der Waals surface area contributed by atoms with Crippen LogP contribution < -0.4 is 19.9 Å². The zero-order valence-corrected chi connectivity index (χ0v) is 10.6. The van der Waals surface area contributed by atoms with Crippen molar-refractivity contribution < 1.29 is 14.2 Å². The molecule has 1 saturated carbocycles. The van der Waals surface area contributed by atoms with E-state index < -0.39 is 0 Å². The number of nitrogens with zero attached hydrogens (tertiary/aromatic N) is 3. The third-order valence-electron chi connectivity index (χ3n) is 2.88. The molecule has 1 aliphatic rings. The summed E-state index contributed by atoms with van der Waals surface area (Å²) in [5.74, 6) is 0. The molecule has 0 amide bonds. The van der Waals surface area contributed by atoms with Gasteiger partial charge in [-0.15, -0.1) is 15.0 Å². The second kappa shape index (κ2) is 5.81. The van der Waals surface area contributed by atoms with Crippen molar-refractivity contribution in [2.75, 3.05) is 14.2 Å². The molecule has 7 nitrogen and oxygen atoms in total. The summed E-state index contributed by atoms with van der Waals surface area (Å²) in [6.45, 7) is 0. The van der Waals surface area contributed by atoms with Crippen LogP contribution in [-0.2, 0) is 0 Å². The van der Waals surface area contributed by atoms with Gasteiger partial charge in [-0.05, 0) is 25.7 Å². The van der Waals surface area contributed by atoms with E-state index in [9.17, 15) is 0 Å². The summed E-state index contributed by atoms with van der Waals surface area (Å²) in [4.78, 5) is 12.0. The fourth-order valence-corrected chi connectivity index (χ4v) is 1.99. The summed E-state index contributed by atoms with van der Waals surface area (Å²) in [5.41, 5.74) is 5.91. The number of hydrogen-bond donors (Lipinski definition) is 1. The Bertz CT molecular complexity index is 380. The molecule has 7 heteroatoms.